The van der Waals surface area contributed by atoms with Gasteiger partial charge in [0.15, 0.2) is 0 Å². The predicted molar refractivity (Wildman–Crippen MR) is 49.2 cm³/mol. The number of aryl methyl sites for hydroxylation is 1. The molecule has 0 amide bonds. The zero-order valence-electron chi connectivity index (χ0n) is 7.07. The third kappa shape index (κ3) is 2.28. The van der Waals surface area contributed by atoms with Crippen molar-refractivity contribution in [2.45, 2.75) is 24.1 Å². The third-order valence-electron chi connectivity index (χ3n) is 1.35. The van der Waals surface area contributed by atoms with Gasteiger partial charge in [0.1, 0.15) is 0 Å². The van der Waals surface area contributed by atoms with Gasteiger partial charge in [0.05, 0.1) is 5.69 Å². The number of aromatic nitrogens is 1. The molecule has 5 heteroatoms. The van der Waals surface area contributed by atoms with Crippen molar-refractivity contribution in [1.29, 1.82) is 0 Å². The van der Waals surface area contributed by atoms with Crippen molar-refractivity contribution < 1.29 is 8.42 Å². The number of hydrogen-bond acceptors (Lipinski definition) is 4. The van der Waals surface area contributed by atoms with Gasteiger partial charge in [-0.3, -0.25) is 0 Å². The van der Waals surface area contributed by atoms with Crippen molar-refractivity contribution in [2.24, 2.45) is 0 Å². The van der Waals surface area contributed by atoms with Gasteiger partial charge in [-0.25, -0.2) is 13.4 Å². The molecule has 0 N–H and O–H groups in total. The maximum absolute atomic E-state index is 11.0. The molecule has 1 heterocycles. The van der Waals surface area contributed by atoms with Gasteiger partial charge in [-0.05, 0) is 6.42 Å². The van der Waals surface area contributed by atoms with E-state index in [1.165, 1.54) is 17.6 Å². The smallest absolute Gasteiger partial charge is 0.209 e. The molecule has 1 rings (SSSR count). The molecule has 0 unspecified atom stereocenters. The lowest BCUT2D eigenvalue weighted by Crippen LogP contribution is -1.96. The minimum absolute atomic E-state index is 0.228. The van der Waals surface area contributed by atoms with Crippen LogP contribution in [-0.4, -0.2) is 19.7 Å². The molecule has 0 bridgehead atoms. The van der Waals surface area contributed by atoms with Gasteiger partial charge < -0.3 is 0 Å². The molecule has 0 aliphatic carbocycles. The monoisotopic (exact) mass is 205 g/mol. The largest absolute Gasteiger partial charge is 0.230 e. The van der Waals surface area contributed by atoms with Crippen molar-refractivity contribution in [2.75, 3.05) is 6.26 Å². The Morgan fingerprint density at radius 1 is 1.58 bits per heavy atom. The Morgan fingerprint density at radius 2 is 2.25 bits per heavy atom. The van der Waals surface area contributed by atoms with E-state index in [1.807, 2.05) is 6.92 Å². The van der Waals surface area contributed by atoms with Crippen LogP contribution >= 0.6 is 11.3 Å². The van der Waals surface area contributed by atoms with Gasteiger partial charge in [-0.15, -0.1) is 11.3 Å². The van der Waals surface area contributed by atoms with Gasteiger partial charge in [0, 0.05) is 11.6 Å². The second-order valence-corrected chi connectivity index (χ2v) is 5.67. The lowest BCUT2D eigenvalue weighted by atomic mass is 10.3. The Hall–Kier alpha value is -0.420. The van der Waals surface area contributed by atoms with Gasteiger partial charge in [0.2, 0.25) is 14.2 Å². The molecular weight excluding hydrogens is 194 g/mol. The summed E-state index contributed by atoms with van der Waals surface area (Å²) in [5, 5.41) is 1.81. The molecule has 68 valence electrons. The molecule has 1 aromatic rings. The molecule has 0 saturated carbocycles. The average molecular weight is 205 g/mol. The molecule has 3 nitrogen and oxygen atoms in total. The first-order valence-corrected chi connectivity index (χ1v) is 6.45. The minimum atomic E-state index is -3.09. The summed E-state index contributed by atoms with van der Waals surface area (Å²) in [6, 6.07) is 0. The normalized spacial score (nSPS) is 11.8. The predicted octanol–water partition coefficient (Wildman–Crippen LogP) is 1.50. The lowest BCUT2D eigenvalue weighted by Gasteiger charge is -1.89. The molecule has 0 fully saturated rings. The Balaban J connectivity index is 2.92. The Kier molecular flexibility index (Phi) is 2.85. The number of rotatable bonds is 3. The highest BCUT2D eigenvalue weighted by Crippen LogP contribution is 2.16. The van der Waals surface area contributed by atoms with Gasteiger partial charge in [-0.2, -0.15) is 0 Å². The van der Waals surface area contributed by atoms with Crippen LogP contribution < -0.4 is 0 Å². The maximum atomic E-state index is 11.0. The van der Waals surface area contributed by atoms with E-state index in [9.17, 15) is 8.42 Å². The quantitative estimate of drug-likeness (QED) is 0.751. The Morgan fingerprint density at radius 3 is 2.67 bits per heavy atom. The van der Waals surface area contributed by atoms with E-state index in [-0.39, 0.29) is 4.34 Å². The molecule has 0 saturated heterocycles. The van der Waals surface area contributed by atoms with Crippen LogP contribution in [0.4, 0.5) is 0 Å². The highest BCUT2D eigenvalue weighted by Gasteiger charge is 2.11. The van der Waals surface area contributed by atoms with Crippen molar-refractivity contribution in [3.63, 3.8) is 0 Å². The highest BCUT2D eigenvalue weighted by molar-refractivity contribution is 7.92. The molecule has 0 aromatic carbocycles. The first-order chi connectivity index (χ1) is 5.54. The van der Waals surface area contributed by atoms with Crippen LogP contribution in [0.5, 0.6) is 0 Å². The first kappa shape index (κ1) is 9.67. The van der Waals surface area contributed by atoms with Crippen LogP contribution in [-0.2, 0) is 16.3 Å². The molecule has 0 aliphatic rings. The fraction of sp³-hybridized carbons (Fsp3) is 0.571. The summed E-state index contributed by atoms with van der Waals surface area (Å²) in [5.74, 6) is 0. The van der Waals surface area contributed by atoms with Crippen LogP contribution in [0.1, 0.15) is 19.0 Å². The summed E-state index contributed by atoms with van der Waals surface area (Å²) in [5.41, 5.74) is 0.878. The topological polar surface area (TPSA) is 47.0 Å². The van der Waals surface area contributed by atoms with E-state index >= 15 is 0 Å². The molecular formula is C7H11NO2S2. The zero-order valence-corrected chi connectivity index (χ0v) is 8.70. The molecule has 1 aromatic heterocycles. The second kappa shape index (κ2) is 3.53. The summed E-state index contributed by atoms with van der Waals surface area (Å²) < 4.78 is 22.2. The zero-order chi connectivity index (χ0) is 9.19. The lowest BCUT2D eigenvalue weighted by molar-refractivity contribution is 0.600. The summed E-state index contributed by atoms with van der Waals surface area (Å²) in [7, 11) is -3.09. The van der Waals surface area contributed by atoms with Crippen LogP contribution in [0.25, 0.3) is 0 Å². The Labute approximate surface area is 76.4 Å². The number of thiazole rings is 1. The van der Waals surface area contributed by atoms with Gasteiger partial charge in [0.25, 0.3) is 0 Å². The van der Waals surface area contributed by atoms with Gasteiger partial charge in [-0.1, -0.05) is 13.3 Å². The molecule has 0 spiro atoms. The fourth-order valence-electron chi connectivity index (χ4n) is 0.830. The highest BCUT2D eigenvalue weighted by atomic mass is 32.2. The van der Waals surface area contributed by atoms with E-state index in [0.717, 1.165) is 18.5 Å². The van der Waals surface area contributed by atoms with Crippen LogP contribution in [0.2, 0.25) is 0 Å². The molecule has 0 aliphatic heterocycles. The summed E-state index contributed by atoms with van der Waals surface area (Å²) in [6.07, 6.45) is 3.03. The van der Waals surface area contributed by atoms with E-state index in [2.05, 4.69) is 4.98 Å². The second-order valence-electron chi connectivity index (χ2n) is 2.63. The van der Waals surface area contributed by atoms with Crippen LogP contribution in [0, 0.1) is 0 Å². The van der Waals surface area contributed by atoms with Crippen molar-refractivity contribution in [1.82, 2.24) is 4.98 Å². The average Bonchev–Trinajstić information content (AvgIpc) is 2.35. The summed E-state index contributed by atoms with van der Waals surface area (Å²) >= 11 is 1.20. The molecule has 0 radical (unpaired) electrons. The van der Waals surface area contributed by atoms with Crippen molar-refractivity contribution in [3.05, 3.63) is 11.1 Å². The maximum Gasteiger partial charge on any atom is 0.209 e. The van der Waals surface area contributed by atoms with Crippen LogP contribution in [0.15, 0.2) is 9.72 Å². The number of hydrogen-bond donors (Lipinski definition) is 0. The Bertz CT molecular complexity index is 353. The van der Waals surface area contributed by atoms with Gasteiger partial charge >= 0.3 is 0 Å². The van der Waals surface area contributed by atoms with E-state index in [0.29, 0.717) is 0 Å². The first-order valence-electron chi connectivity index (χ1n) is 3.68. The van der Waals surface area contributed by atoms with Crippen LogP contribution in [0.3, 0.4) is 0 Å². The van der Waals surface area contributed by atoms with E-state index in [4.69, 9.17) is 0 Å². The fourth-order valence-corrected chi connectivity index (χ4v) is 2.53. The number of sulfone groups is 1. The van der Waals surface area contributed by atoms with Crippen molar-refractivity contribution in [3.8, 4) is 0 Å². The summed E-state index contributed by atoms with van der Waals surface area (Å²) in [4.78, 5) is 4.00. The molecule has 0 atom stereocenters. The van der Waals surface area contributed by atoms with Crippen molar-refractivity contribution >= 4 is 21.2 Å². The van der Waals surface area contributed by atoms with E-state index < -0.39 is 9.84 Å². The molecule has 12 heavy (non-hydrogen) atoms. The number of nitrogens with zero attached hydrogens (tertiary/aromatic N) is 1. The summed E-state index contributed by atoms with van der Waals surface area (Å²) in [6.45, 7) is 2.04. The minimum Gasteiger partial charge on any atom is -0.230 e. The third-order valence-corrected chi connectivity index (χ3v) is 3.96. The van der Waals surface area contributed by atoms with E-state index in [1.54, 1.807) is 5.38 Å². The standard InChI is InChI=1S/C7H11NO2S2/c1-3-4-6-5-11-7(8-6)12(2,9)10/h5H,3-4H2,1-2H3. The SMILES string of the molecule is CCCc1csc(S(C)(=O)=O)n1.